The molecule has 0 saturated heterocycles. The highest BCUT2D eigenvalue weighted by atomic mass is 32.1. The van der Waals surface area contributed by atoms with Crippen molar-refractivity contribution in [2.24, 2.45) is 0 Å². The summed E-state index contributed by atoms with van der Waals surface area (Å²) >= 11 is 1.65. The lowest BCUT2D eigenvalue weighted by Gasteiger charge is -2.18. The highest BCUT2D eigenvalue weighted by molar-refractivity contribution is 7.16. The molecule has 0 bridgehead atoms. The van der Waals surface area contributed by atoms with Crippen LogP contribution in [0.15, 0.2) is 36.9 Å². The van der Waals surface area contributed by atoms with Crippen molar-refractivity contribution < 1.29 is 9.53 Å². The summed E-state index contributed by atoms with van der Waals surface area (Å²) in [5, 5.41) is 0.798. The van der Waals surface area contributed by atoms with E-state index in [1.807, 2.05) is 31.2 Å². The number of ether oxygens (including phenoxy) is 1. The van der Waals surface area contributed by atoms with Gasteiger partial charge in [0.25, 0.3) is 0 Å². The topological polar surface area (TPSA) is 42.4 Å². The molecule has 0 N–H and O–H groups in total. The molecule has 1 aliphatic carbocycles. The van der Waals surface area contributed by atoms with Crippen molar-refractivity contribution in [2.75, 3.05) is 18.1 Å². The Labute approximate surface area is 153 Å². The summed E-state index contributed by atoms with van der Waals surface area (Å²) in [6.45, 7) is 6.66. The van der Waals surface area contributed by atoms with Gasteiger partial charge in [-0.15, -0.1) is 17.9 Å². The number of benzene rings is 1. The van der Waals surface area contributed by atoms with E-state index in [9.17, 15) is 4.79 Å². The van der Waals surface area contributed by atoms with Crippen LogP contribution in [0.2, 0.25) is 0 Å². The molecular formula is C20H24N2O2S. The molecule has 0 aliphatic heterocycles. The number of nitrogens with zero attached hydrogens (tertiary/aromatic N) is 2. The lowest BCUT2D eigenvalue weighted by Crippen LogP contribution is -2.32. The van der Waals surface area contributed by atoms with E-state index < -0.39 is 0 Å². The molecule has 0 radical (unpaired) electrons. The van der Waals surface area contributed by atoms with Crippen molar-refractivity contribution in [3.05, 3.63) is 53.1 Å². The van der Waals surface area contributed by atoms with Gasteiger partial charge in [0.15, 0.2) is 5.13 Å². The van der Waals surface area contributed by atoms with Crippen LogP contribution in [0, 0.1) is 6.92 Å². The number of rotatable bonds is 7. The van der Waals surface area contributed by atoms with Gasteiger partial charge in [0.2, 0.25) is 5.91 Å². The van der Waals surface area contributed by atoms with Crippen LogP contribution in [0.25, 0.3) is 0 Å². The number of aromatic nitrogens is 1. The van der Waals surface area contributed by atoms with Gasteiger partial charge in [0.1, 0.15) is 5.75 Å². The highest BCUT2D eigenvalue weighted by Crippen LogP contribution is 2.32. The molecular weight excluding hydrogens is 332 g/mol. The van der Waals surface area contributed by atoms with Gasteiger partial charge in [0, 0.05) is 11.4 Å². The van der Waals surface area contributed by atoms with E-state index in [0.29, 0.717) is 19.6 Å². The summed E-state index contributed by atoms with van der Waals surface area (Å²) in [4.78, 5) is 20.4. The van der Waals surface area contributed by atoms with Crippen molar-refractivity contribution in [2.45, 2.75) is 39.0 Å². The van der Waals surface area contributed by atoms with Gasteiger partial charge < -0.3 is 4.74 Å². The molecule has 0 atom stereocenters. The number of hydrogen-bond acceptors (Lipinski definition) is 4. The van der Waals surface area contributed by atoms with Crippen molar-refractivity contribution in [3.8, 4) is 5.75 Å². The second-order valence-corrected chi connectivity index (χ2v) is 7.34. The van der Waals surface area contributed by atoms with Gasteiger partial charge in [-0.1, -0.05) is 23.8 Å². The first-order chi connectivity index (χ1) is 12.2. The van der Waals surface area contributed by atoms with Gasteiger partial charge in [-0.3, -0.25) is 9.69 Å². The molecule has 0 fully saturated rings. The largest absolute Gasteiger partial charge is 0.493 e. The SMILES string of the molecule is C=CCN(C(=O)CCOc1ccc(C)cc1)c1nc2c(s1)CCCC2. The number of carbonyl (C=O) groups excluding carboxylic acids is 1. The molecule has 1 aromatic heterocycles. The highest BCUT2D eigenvalue weighted by Gasteiger charge is 2.22. The van der Waals surface area contributed by atoms with E-state index in [1.54, 1.807) is 22.3 Å². The molecule has 132 valence electrons. The standard InChI is InChI=1S/C20H24N2O2S/c1-3-13-22(20-21-17-6-4-5-7-18(17)25-20)19(23)12-14-24-16-10-8-15(2)9-11-16/h3,8-11H,1,4-7,12-14H2,2H3. The third-order valence-corrected chi connectivity index (χ3v) is 5.46. The number of thiazole rings is 1. The Morgan fingerprint density at radius 2 is 2.08 bits per heavy atom. The number of carbonyl (C=O) groups is 1. The minimum absolute atomic E-state index is 0.0260. The van der Waals surface area contributed by atoms with E-state index in [0.717, 1.165) is 23.7 Å². The summed E-state index contributed by atoms with van der Waals surface area (Å²) in [5.41, 5.74) is 2.36. The number of amides is 1. The van der Waals surface area contributed by atoms with Gasteiger partial charge in [-0.05, 0) is 44.7 Å². The van der Waals surface area contributed by atoms with Crippen molar-refractivity contribution in [3.63, 3.8) is 0 Å². The zero-order valence-corrected chi connectivity index (χ0v) is 15.5. The average molecular weight is 356 g/mol. The number of hydrogen-bond donors (Lipinski definition) is 0. The van der Waals surface area contributed by atoms with Gasteiger partial charge in [-0.25, -0.2) is 4.98 Å². The van der Waals surface area contributed by atoms with E-state index >= 15 is 0 Å². The Morgan fingerprint density at radius 1 is 1.32 bits per heavy atom. The predicted octanol–water partition coefficient (Wildman–Crippen LogP) is 4.32. The fourth-order valence-electron chi connectivity index (χ4n) is 2.90. The summed E-state index contributed by atoms with van der Waals surface area (Å²) in [5.74, 6) is 0.816. The maximum atomic E-state index is 12.7. The van der Waals surface area contributed by atoms with E-state index in [2.05, 4.69) is 6.58 Å². The minimum Gasteiger partial charge on any atom is -0.493 e. The summed E-state index contributed by atoms with van der Waals surface area (Å²) in [7, 11) is 0. The minimum atomic E-state index is 0.0260. The molecule has 2 aromatic rings. The predicted molar refractivity (Wildman–Crippen MR) is 103 cm³/mol. The van der Waals surface area contributed by atoms with Crippen LogP contribution >= 0.6 is 11.3 Å². The zero-order valence-electron chi connectivity index (χ0n) is 14.7. The number of fused-ring (bicyclic) bond motifs is 1. The van der Waals surface area contributed by atoms with E-state index in [-0.39, 0.29) is 5.91 Å². The Kier molecular flexibility index (Phi) is 5.87. The first kappa shape index (κ1) is 17.7. The molecule has 1 aliphatic rings. The number of anilines is 1. The monoisotopic (exact) mass is 356 g/mol. The second kappa shape index (κ2) is 8.30. The van der Waals surface area contributed by atoms with Crippen LogP contribution in [0.5, 0.6) is 5.75 Å². The van der Waals surface area contributed by atoms with Gasteiger partial charge in [0.05, 0.1) is 18.7 Å². The van der Waals surface area contributed by atoms with Crippen LogP contribution in [0.4, 0.5) is 5.13 Å². The van der Waals surface area contributed by atoms with Gasteiger partial charge >= 0.3 is 0 Å². The summed E-state index contributed by atoms with van der Waals surface area (Å²) in [6, 6.07) is 7.86. The lowest BCUT2D eigenvalue weighted by atomic mass is 10.0. The van der Waals surface area contributed by atoms with Crippen LogP contribution < -0.4 is 9.64 Å². The van der Waals surface area contributed by atoms with Crippen LogP contribution in [-0.2, 0) is 17.6 Å². The molecule has 0 unspecified atom stereocenters. The fourth-order valence-corrected chi connectivity index (χ4v) is 4.07. The second-order valence-electron chi connectivity index (χ2n) is 6.28. The van der Waals surface area contributed by atoms with Crippen molar-refractivity contribution >= 4 is 22.4 Å². The molecule has 4 nitrogen and oxygen atoms in total. The molecule has 25 heavy (non-hydrogen) atoms. The Morgan fingerprint density at radius 3 is 2.80 bits per heavy atom. The zero-order chi connectivity index (χ0) is 17.6. The fraction of sp³-hybridized carbons (Fsp3) is 0.400. The Balaban J connectivity index is 1.61. The molecule has 3 rings (SSSR count). The van der Waals surface area contributed by atoms with Crippen LogP contribution in [0.1, 0.15) is 35.4 Å². The smallest absolute Gasteiger partial charge is 0.232 e. The van der Waals surface area contributed by atoms with E-state index in [4.69, 9.17) is 9.72 Å². The molecule has 0 saturated carbocycles. The lowest BCUT2D eigenvalue weighted by molar-refractivity contribution is -0.119. The Bertz CT molecular complexity index is 713. The first-order valence-electron chi connectivity index (χ1n) is 8.76. The molecule has 1 heterocycles. The van der Waals surface area contributed by atoms with E-state index in [1.165, 1.54) is 29.0 Å². The van der Waals surface area contributed by atoms with Gasteiger partial charge in [-0.2, -0.15) is 0 Å². The molecule has 5 heteroatoms. The molecule has 1 amide bonds. The third kappa shape index (κ3) is 4.48. The first-order valence-corrected chi connectivity index (χ1v) is 9.58. The maximum Gasteiger partial charge on any atom is 0.232 e. The third-order valence-electron chi connectivity index (χ3n) is 4.28. The molecule has 1 aromatic carbocycles. The van der Waals surface area contributed by atoms with Crippen molar-refractivity contribution in [1.29, 1.82) is 0 Å². The quantitative estimate of drug-likeness (QED) is 0.694. The Hall–Kier alpha value is -2.14. The number of aryl methyl sites for hydroxylation is 3. The van der Waals surface area contributed by atoms with Crippen LogP contribution in [-0.4, -0.2) is 24.0 Å². The van der Waals surface area contributed by atoms with Crippen molar-refractivity contribution in [1.82, 2.24) is 4.98 Å². The average Bonchev–Trinajstić information content (AvgIpc) is 3.05. The van der Waals surface area contributed by atoms with Crippen LogP contribution in [0.3, 0.4) is 0 Å². The summed E-state index contributed by atoms with van der Waals surface area (Å²) in [6.07, 6.45) is 6.59. The normalized spacial score (nSPS) is 13.2. The summed E-state index contributed by atoms with van der Waals surface area (Å²) < 4.78 is 5.69. The molecule has 0 spiro atoms. The maximum absolute atomic E-state index is 12.7.